The number of carbonyl (C=O) groups is 1. The molecule has 0 heterocycles. The van der Waals surface area contributed by atoms with Crippen LogP contribution in [0.2, 0.25) is 0 Å². The monoisotopic (exact) mass is 264 g/mol. The molecule has 3 nitrogen and oxygen atoms in total. The zero-order valence-electron chi connectivity index (χ0n) is 12.4. The fourth-order valence-electron chi connectivity index (χ4n) is 5.38. The summed E-state index contributed by atoms with van der Waals surface area (Å²) in [5.74, 6) is 2.95. The summed E-state index contributed by atoms with van der Waals surface area (Å²) >= 11 is 0. The molecule has 4 fully saturated rings. The van der Waals surface area contributed by atoms with E-state index < -0.39 is 0 Å². The molecule has 1 atom stereocenters. The van der Waals surface area contributed by atoms with Crippen molar-refractivity contribution in [1.82, 2.24) is 4.90 Å². The second kappa shape index (κ2) is 4.76. The van der Waals surface area contributed by atoms with Gasteiger partial charge in [0.05, 0.1) is 5.41 Å². The van der Waals surface area contributed by atoms with Crippen molar-refractivity contribution in [1.29, 1.82) is 0 Å². The number of carbonyl (C=O) groups excluding carboxylic acids is 1. The maximum absolute atomic E-state index is 13.0. The van der Waals surface area contributed by atoms with Crippen LogP contribution in [0, 0.1) is 23.2 Å². The lowest BCUT2D eigenvalue weighted by atomic mass is 9.49. The molecule has 19 heavy (non-hydrogen) atoms. The van der Waals surface area contributed by atoms with Crippen LogP contribution in [0.1, 0.15) is 51.9 Å². The highest BCUT2D eigenvalue weighted by atomic mass is 16.2. The Hall–Kier alpha value is -0.570. The molecule has 0 aromatic rings. The van der Waals surface area contributed by atoms with Gasteiger partial charge in [-0.2, -0.15) is 0 Å². The summed E-state index contributed by atoms with van der Waals surface area (Å²) in [5.41, 5.74) is 5.64. The minimum Gasteiger partial charge on any atom is -0.343 e. The average molecular weight is 264 g/mol. The van der Waals surface area contributed by atoms with Crippen LogP contribution in [-0.4, -0.2) is 30.4 Å². The molecule has 4 aliphatic carbocycles. The molecule has 1 amide bonds. The Kier molecular flexibility index (Phi) is 3.36. The van der Waals surface area contributed by atoms with Gasteiger partial charge in [-0.3, -0.25) is 4.79 Å². The predicted molar refractivity (Wildman–Crippen MR) is 76.5 cm³/mol. The minimum absolute atomic E-state index is 0.00631. The first-order chi connectivity index (χ1) is 9.04. The summed E-state index contributed by atoms with van der Waals surface area (Å²) in [6, 6.07) is 0.283. The Labute approximate surface area is 116 Å². The van der Waals surface area contributed by atoms with Gasteiger partial charge in [0.1, 0.15) is 0 Å². The standard InChI is InChI=1S/C16H28N2O/c1-11(3-4-17)18(2)15(19)16-8-12-5-13(9-16)7-14(6-12)10-16/h11-14H,3-10,17H2,1-2H3. The van der Waals surface area contributed by atoms with E-state index in [2.05, 4.69) is 6.92 Å². The van der Waals surface area contributed by atoms with Crippen molar-refractivity contribution in [2.24, 2.45) is 28.9 Å². The summed E-state index contributed by atoms with van der Waals surface area (Å²) in [4.78, 5) is 15.0. The molecule has 4 saturated carbocycles. The predicted octanol–water partition coefficient (Wildman–Crippen LogP) is 2.40. The van der Waals surface area contributed by atoms with Gasteiger partial charge in [-0.05, 0) is 76.2 Å². The van der Waals surface area contributed by atoms with Crippen LogP contribution in [-0.2, 0) is 4.79 Å². The van der Waals surface area contributed by atoms with Gasteiger partial charge in [-0.15, -0.1) is 0 Å². The third-order valence-corrected chi connectivity index (χ3v) is 6.06. The first-order valence-corrected chi connectivity index (χ1v) is 8.01. The molecule has 4 aliphatic rings. The van der Waals surface area contributed by atoms with E-state index in [0.717, 1.165) is 24.2 Å². The summed E-state index contributed by atoms with van der Waals surface area (Å²) < 4.78 is 0. The SMILES string of the molecule is CC(CCN)N(C)C(=O)C12CC3CC(CC(C3)C1)C2. The molecule has 0 saturated heterocycles. The summed E-state index contributed by atoms with van der Waals surface area (Å²) in [6.45, 7) is 2.80. The lowest BCUT2D eigenvalue weighted by Gasteiger charge is -2.56. The molecule has 0 aromatic carbocycles. The van der Waals surface area contributed by atoms with Gasteiger partial charge in [0.2, 0.25) is 5.91 Å². The highest BCUT2D eigenvalue weighted by molar-refractivity contribution is 5.83. The number of nitrogens with two attached hydrogens (primary N) is 1. The number of amides is 1. The van der Waals surface area contributed by atoms with Crippen molar-refractivity contribution >= 4 is 5.91 Å². The molecule has 0 radical (unpaired) electrons. The van der Waals surface area contributed by atoms with Gasteiger partial charge in [-0.1, -0.05) is 0 Å². The molecule has 2 N–H and O–H groups in total. The fraction of sp³-hybridized carbons (Fsp3) is 0.938. The second-order valence-corrected chi connectivity index (χ2v) is 7.54. The quantitative estimate of drug-likeness (QED) is 0.847. The molecule has 0 aromatic heterocycles. The van der Waals surface area contributed by atoms with Gasteiger partial charge in [0, 0.05) is 13.1 Å². The molecule has 4 rings (SSSR count). The second-order valence-electron chi connectivity index (χ2n) is 7.54. The third-order valence-electron chi connectivity index (χ3n) is 6.06. The van der Waals surface area contributed by atoms with Gasteiger partial charge in [0.25, 0.3) is 0 Å². The lowest BCUT2D eigenvalue weighted by Crippen LogP contribution is -2.55. The molecule has 108 valence electrons. The normalized spacial score (nSPS) is 41.3. The number of nitrogens with zero attached hydrogens (tertiary/aromatic N) is 1. The van der Waals surface area contributed by atoms with Gasteiger partial charge < -0.3 is 10.6 Å². The van der Waals surface area contributed by atoms with Crippen molar-refractivity contribution in [3.8, 4) is 0 Å². The topological polar surface area (TPSA) is 46.3 Å². The van der Waals surface area contributed by atoms with E-state index in [1.165, 1.54) is 38.5 Å². The highest BCUT2D eigenvalue weighted by Gasteiger charge is 2.55. The molecular weight excluding hydrogens is 236 g/mol. The van der Waals surface area contributed by atoms with E-state index >= 15 is 0 Å². The molecular formula is C16H28N2O. The number of hydrogen-bond donors (Lipinski definition) is 1. The summed E-state index contributed by atoms with van der Waals surface area (Å²) in [5, 5.41) is 0. The van der Waals surface area contributed by atoms with Crippen LogP contribution in [0.15, 0.2) is 0 Å². The van der Waals surface area contributed by atoms with Crippen molar-refractivity contribution < 1.29 is 4.79 Å². The molecule has 3 heteroatoms. The van der Waals surface area contributed by atoms with E-state index in [4.69, 9.17) is 5.73 Å². The van der Waals surface area contributed by atoms with Gasteiger partial charge in [0.15, 0.2) is 0 Å². The zero-order chi connectivity index (χ0) is 13.6. The first kappa shape index (κ1) is 13.4. The average Bonchev–Trinajstić information content (AvgIpc) is 2.35. The Morgan fingerprint density at radius 2 is 1.68 bits per heavy atom. The third kappa shape index (κ3) is 2.20. The molecule has 0 aliphatic heterocycles. The van der Waals surface area contributed by atoms with E-state index in [1.807, 2.05) is 11.9 Å². The molecule has 1 unspecified atom stereocenters. The van der Waals surface area contributed by atoms with E-state index in [-0.39, 0.29) is 11.5 Å². The van der Waals surface area contributed by atoms with Crippen molar-refractivity contribution in [2.75, 3.05) is 13.6 Å². The van der Waals surface area contributed by atoms with E-state index in [1.54, 1.807) is 0 Å². The first-order valence-electron chi connectivity index (χ1n) is 8.01. The smallest absolute Gasteiger partial charge is 0.228 e. The van der Waals surface area contributed by atoms with E-state index in [0.29, 0.717) is 12.5 Å². The molecule has 0 spiro atoms. The van der Waals surface area contributed by atoms with Crippen LogP contribution in [0.5, 0.6) is 0 Å². The van der Waals surface area contributed by atoms with Crippen molar-refractivity contribution in [3.05, 3.63) is 0 Å². The molecule has 4 bridgehead atoms. The summed E-state index contributed by atoms with van der Waals surface area (Å²) in [7, 11) is 1.99. The van der Waals surface area contributed by atoms with Crippen LogP contribution in [0.25, 0.3) is 0 Å². The fourth-order valence-corrected chi connectivity index (χ4v) is 5.38. The van der Waals surface area contributed by atoms with Crippen LogP contribution in [0.3, 0.4) is 0 Å². The largest absolute Gasteiger partial charge is 0.343 e. The Morgan fingerprint density at radius 1 is 1.21 bits per heavy atom. The maximum atomic E-state index is 13.0. The summed E-state index contributed by atoms with van der Waals surface area (Å²) in [6.07, 6.45) is 8.60. The Balaban J connectivity index is 1.75. The van der Waals surface area contributed by atoms with Gasteiger partial charge in [-0.25, -0.2) is 0 Å². The Morgan fingerprint density at radius 3 is 2.11 bits per heavy atom. The maximum Gasteiger partial charge on any atom is 0.228 e. The van der Waals surface area contributed by atoms with Crippen LogP contribution >= 0.6 is 0 Å². The van der Waals surface area contributed by atoms with Crippen molar-refractivity contribution in [3.63, 3.8) is 0 Å². The van der Waals surface area contributed by atoms with Crippen molar-refractivity contribution in [2.45, 2.75) is 57.9 Å². The number of hydrogen-bond acceptors (Lipinski definition) is 2. The zero-order valence-corrected chi connectivity index (χ0v) is 12.4. The van der Waals surface area contributed by atoms with Crippen LogP contribution < -0.4 is 5.73 Å². The minimum atomic E-state index is 0.00631. The lowest BCUT2D eigenvalue weighted by molar-refractivity contribution is -0.158. The highest BCUT2D eigenvalue weighted by Crippen LogP contribution is 2.60. The number of rotatable bonds is 4. The van der Waals surface area contributed by atoms with Crippen LogP contribution in [0.4, 0.5) is 0 Å². The van der Waals surface area contributed by atoms with E-state index in [9.17, 15) is 4.79 Å². The van der Waals surface area contributed by atoms with Gasteiger partial charge >= 0.3 is 0 Å². The Bertz CT molecular complexity index is 330.